The topological polar surface area (TPSA) is 44.1 Å². The number of hydrogen-bond acceptors (Lipinski definition) is 3. The first-order chi connectivity index (χ1) is 8.72. The van der Waals surface area contributed by atoms with E-state index in [-0.39, 0.29) is 16.5 Å². The van der Waals surface area contributed by atoms with E-state index >= 15 is 0 Å². The molecule has 0 saturated heterocycles. The Kier molecular flexibility index (Phi) is 3.99. The largest absolute Gasteiger partial charge is 0.489 e. The molecule has 0 aliphatic rings. The van der Waals surface area contributed by atoms with Crippen LogP contribution >= 0.6 is 11.6 Å². The van der Waals surface area contributed by atoms with Crippen LogP contribution in [-0.2, 0) is 13.0 Å². The van der Waals surface area contributed by atoms with E-state index in [2.05, 4.69) is 4.98 Å². The lowest BCUT2D eigenvalue weighted by Gasteiger charge is -2.08. The molecule has 0 fully saturated rings. The molecule has 94 valence electrons. The Bertz CT molecular complexity index is 581. The molecule has 0 unspecified atom stereocenters. The average molecular weight is 265 g/mol. The Morgan fingerprint density at radius 2 is 2.06 bits per heavy atom. The van der Waals surface area contributed by atoms with Gasteiger partial charge in [-0.1, -0.05) is 41.9 Å². The van der Waals surface area contributed by atoms with Crippen LogP contribution in [0.15, 0.2) is 41.5 Å². The molecule has 2 rings (SSSR count). The molecule has 1 heterocycles. The smallest absolute Gasteiger partial charge is 0.297 e. The van der Waals surface area contributed by atoms with Crippen LogP contribution in [0.5, 0.6) is 5.75 Å². The fraction of sp³-hybridized carbons (Fsp3) is 0.231. The zero-order valence-corrected chi connectivity index (χ0v) is 10.7. The highest BCUT2D eigenvalue weighted by Gasteiger charge is 2.09. The molecule has 0 amide bonds. The van der Waals surface area contributed by atoms with Gasteiger partial charge in [-0.05, 0) is 12.0 Å². The molecule has 2 aromatic rings. The summed E-state index contributed by atoms with van der Waals surface area (Å²) in [4.78, 5) is 15.9. The van der Waals surface area contributed by atoms with Crippen molar-refractivity contribution in [3.63, 3.8) is 0 Å². The molecule has 5 heteroatoms. The van der Waals surface area contributed by atoms with Gasteiger partial charge in [0.25, 0.3) is 5.56 Å². The molecule has 0 saturated carbocycles. The number of ether oxygens (including phenoxy) is 1. The van der Waals surface area contributed by atoms with E-state index in [9.17, 15) is 4.79 Å². The lowest BCUT2D eigenvalue weighted by molar-refractivity contribution is 0.399. The summed E-state index contributed by atoms with van der Waals surface area (Å²) in [5.74, 6) is 0.0900. The standard InChI is InChI=1S/C13H13ClN2O2/c1-18-11-12(14)15-9-16(13(11)17)8-7-10-5-3-2-4-6-10/h2-6,9H,7-8H2,1H3. The van der Waals surface area contributed by atoms with Crippen LogP contribution in [0, 0.1) is 0 Å². The molecule has 18 heavy (non-hydrogen) atoms. The Labute approximate surface area is 110 Å². The number of methoxy groups -OCH3 is 1. The van der Waals surface area contributed by atoms with Crippen molar-refractivity contribution >= 4 is 11.6 Å². The quantitative estimate of drug-likeness (QED) is 0.795. The van der Waals surface area contributed by atoms with Gasteiger partial charge in [0.2, 0.25) is 5.75 Å². The normalized spacial score (nSPS) is 10.3. The van der Waals surface area contributed by atoms with Crippen LogP contribution in [-0.4, -0.2) is 16.7 Å². The van der Waals surface area contributed by atoms with Gasteiger partial charge in [-0.15, -0.1) is 0 Å². The van der Waals surface area contributed by atoms with Crippen molar-refractivity contribution in [2.75, 3.05) is 7.11 Å². The van der Waals surface area contributed by atoms with Gasteiger partial charge in [-0.25, -0.2) is 4.98 Å². The van der Waals surface area contributed by atoms with Gasteiger partial charge < -0.3 is 4.74 Å². The minimum Gasteiger partial charge on any atom is -0.489 e. The third-order valence-corrected chi connectivity index (χ3v) is 2.91. The van der Waals surface area contributed by atoms with Crippen molar-refractivity contribution in [3.05, 3.63) is 57.7 Å². The van der Waals surface area contributed by atoms with Crippen molar-refractivity contribution in [3.8, 4) is 5.75 Å². The second-order valence-corrected chi connectivity index (χ2v) is 4.16. The second kappa shape index (κ2) is 5.69. The highest BCUT2D eigenvalue weighted by atomic mass is 35.5. The Morgan fingerprint density at radius 3 is 2.72 bits per heavy atom. The predicted molar refractivity (Wildman–Crippen MR) is 70.2 cm³/mol. The number of aryl methyl sites for hydroxylation is 2. The first-order valence-electron chi connectivity index (χ1n) is 5.55. The van der Waals surface area contributed by atoms with Crippen LogP contribution in [0.25, 0.3) is 0 Å². The van der Waals surface area contributed by atoms with E-state index < -0.39 is 0 Å². The number of hydrogen-bond donors (Lipinski definition) is 0. The third-order valence-electron chi connectivity index (χ3n) is 2.64. The van der Waals surface area contributed by atoms with Crippen molar-refractivity contribution in [1.82, 2.24) is 9.55 Å². The molecular weight excluding hydrogens is 252 g/mol. The zero-order chi connectivity index (χ0) is 13.0. The van der Waals surface area contributed by atoms with Gasteiger partial charge in [0.15, 0.2) is 5.15 Å². The second-order valence-electron chi connectivity index (χ2n) is 3.80. The van der Waals surface area contributed by atoms with Gasteiger partial charge in [0.1, 0.15) is 0 Å². The van der Waals surface area contributed by atoms with Crippen LogP contribution in [0.3, 0.4) is 0 Å². The first kappa shape index (κ1) is 12.6. The van der Waals surface area contributed by atoms with E-state index in [0.29, 0.717) is 6.54 Å². The minimum atomic E-state index is -0.256. The van der Waals surface area contributed by atoms with Crippen molar-refractivity contribution in [1.29, 1.82) is 0 Å². The summed E-state index contributed by atoms with van der Waals surface area (Å²) in [6, 6.07) is 9.94. The number of halogens is 1. The van der Waals surface area contributed by atoms with Crippen LogP contribution in [0.1, 0.15) is 5.56 Å². The zero-order valence-electron chi connectivity index (χ0n) is 9.97. The summed E-state index contributed by atoms with van der Waals surface area (Å²) >= 11 is 5.77. The minimum absolute atomic E-state index is 0.0900. The molecule has 1 aromatic carbocycles. The predicted octanol–water partition coefficient (Wildman–Crippen LogP) is 2.15. The highest BCUT2D eigenvalue weighted by molar-refractivity contribution is 6.30. The maximum absolute atomic E-state index is 12.0. The van der Waals surface area contributed by atoms with Crippen LogP contribution in [0.4, 0.5) is 0 Å². The maximum atomic E-state index is 12.0. The lowest BCUT2D eigenvalue weighted by Crippen LogP contribution is -2.23. The fourth-order valence-corrected chi connectivity index (χ4v) is 1.88. The summed E-state index contributed by atoms with van der Waals surface area (Å²) < 4.78 is 6.44. The number of benzene rings is 1. The van der Waals surface area contributed by atoms with E-state index in [0.717, 1.165) is 6.42 Å². The summed E-state index contributed by atoms with van der Waals surface area (Å²) in [5.41, 5.74) is 0.909. The van der Waals surface area contributed by atoms with Crippen LogP contribution in [0.2, 0.25) is 5.15 Å². The Balaban J connectivity index is 2.18. The summed E-state index contributed by atoms with van der Waals surface area (Å²) in [5, 5.41) is 0.0958. The van der Waals surface area contributed by atoms with Gasteiger partial charge >= 0.3 is 0 Å². The van der Waals surface area contributed by atoms with Gasteiger partial charge in [0.05, 0.1) is 13.4 Å². The monoisotopic (exact) mass is 264 g/mol. The van der Waals surface area contributed by atoms with E-state index in [1.54, 1.807) is 0 Å². The van der Waals surface area contributed by atoms with Gasteiger partial charge in [0, 0.05) is 6.54 Å². The molecule has 1 aromatic heterocycles. The third kappa shape index (κ3) is 2.71. The Morgan fingerprint density at radius 1 is 1.33 bits per heavy atom. The first-order valence-corrected chi connectivity index (χ1v) is 5.93. The van der Waals surface area contributed by atoms with Gasteiger partial charge in [-0.2, -0.15) is 0 Å². The molecule has 0 N–H and O–H groups in total. The SMILES string of the molecule is COc1c(Cl)ncn(CCc2ccccc2)c1=O. The number of rotatable bonds is 4. The van der Waals surface area contributed by atoms with E-state index in [1.807, 2.05) is 30.3 Å². The van der Waals surface area contributed by atoms with Gasteiger partial charge in [-0.3, -0.25) is 9.36 Å². The Hall–Kier alpha value is -1.81. The molecular formula is C13H13ClN2O2. The van der Waals surface area contributed by atoms with E-state index in [1.165, 1.54) is 23.6 Å². The lowest BCUT2D eigenvalue weighted by atomic mass is 10.1. The molecule has 0 spiro atoms. The maximum Gasteiger partial charge on any atom is 0.297 e. The molecule has 0 radical (unpaired) electrons. The summed E-state index contributed by atoms with van der Waals surface area (Å²) in [7, 11) is 1.41. The van der Waals surface area contributed by atoms with E-state index in [4.69, 9.17) is 16.3 Å². The van der Waals surface area contributed by atoms with Crippen molar-refractivity contribution in [2.24, 2.45) is 0 Å². The molecule has 0 atom stereocenters. The van der Waals surface area contributed by atoms with Crippen LogP contribution < -0.4 is 10.3 Å². The molecule has 4 nitrogen and oxygen atoms in total. The number of nitrogens with zero attached hydrogens (tertiary/aromatic N) is 2. The van der Waals surface area contributed by atoms with Crippen molar-refractivity contribution in [2.45, 2.75) is 13.0 Å². The average Bonchev–Trinajstić information content (AvgIpc) is 2.40. The number of aromatic nitrogens is 2. The highest BCUT2D eigenvalue weighted by Crippen LogP contribution is 2.14. The molecule has 0 bridgehead atoms. The fourth-order valence-electron chi connectivity index (χ4n) is 1.68. The molecule has 0 aliphatic carbocycles. The molecule has 0 aliphatic heterocycles. The van der Waals surface area contributed by atoms with Crippen molar-refractivity contribution < 1.29 is 4.74 Å². The summed E-state index contributed by atoms with van der Waals surface area (Å²) in [6.07, 6.45) is 2.20. The summed E-state index contributed by atoms with van der Waals surface area (Å²) in [6.45, 7) is 0.545.